The largest absolute Gasteiger partial charge is 0.339 e. The molecule has 4 nitrogen and oxygen atoms in total. The van der Waals surface area contributed by atoms with E-state index in [9.17, 15) is 4.79 Å². The van der Waals surface area contributed by atoms with Crippen LogP contribution in [0.25, 0.3) is 10.9 Å². The number of nitrogens with zero attached hydrogens (tertiary/aromatic N) is 3. The zero-order chi connectivity index (χ0) is 18.5. The van der Waals surface area contributed by atoms with Gasteiger partial charge in [-0.15, -0.1) is 0 Å². The fraction of sp³-hybridized carbons (Fsp3) is 0.273. The molecule has 0 saturated carbocycles. The van der Waals surface area contributed by atoms with Crippen LogP contribution in [-0.2, 0) is 11.3 Å². The summed E-state index contributed by atoms with van der Waals surface area (Å²) in [5.41, 5.74) is 2.31. The Bertz CT molecular complexity index is 908. The first kappa shape index (κ1) is 18.0. The number of rotatable bonds is 5. The highest BCUT2D eigenvalue weighted by molar-refractivity contribution is 7.99. The van der Waals surface area contributed by atoms with Gasteiger partial charge in [0.05, 0.1) is 16.3 Å². The second kappa shape index (κ2) is 8.55. The molecule has 0 aliphatic carbocycles. The molecule has 0 N–H and O–H groups in total. The molecule has 138 valence electrons. The first-order valence-electron chi connectivity index (χ1n) is 9.30. The smallest absolute Gasteiger partial charge is 0.233 e. The van der Waals surface area contributed by atoms with Gasteiger partial charge in [0.2, 0.25) is 5.91 Å². The molecule has 0 radical (unpaired) electrons. The molecule has 27 heavy (non-hydrogen) atoms. The predicted octanol–water partition coefficient (Wildman–Crippen LogP) is 3.67. The standard InChI is InChI=1S/C22H23N3OS/c26-22(17-27-21-11-10-19-8-4-5-9-20(19)23-21)25-14-12-24(13-15-25)16-18-6-2-1-3-7-18/h1-11H,12-17H2. The number of amides is 1. The minimum absolute atomic E-state index is 0.203. The number of fused-ring (bicyclic) bond motifs is 1. The first-order chi connectivity index (χ1) is 13.3. The van der Waals surface area contributed by atoms with Gasteiger partial charge in [0.15, 0.2) is 0 Å². The summed E-state index contributed by atoms with van der Waals surface area (Å²) in [4.78, 5) is 21.6. The SMILES string of the molecule is O=C(CSc1ccc2ccccc2n1)N1CCN(Cc2ccccc2)CC1. The lowest BCUT2D eigenvalue weighted by atomic mass is 10.2. The van der Waals surface area contributed by atoms with Gasteiger partial charge in [-0.25, -0.2) is 4.98 Å². The maximum atomic E-state index is 12.6. The third kappa shape index (κ3) is 4.67. The zero-order valence-corrected chi connectivity index (χ0v) is 16.1. The number of hydrogen-bond acceptors (Lipinski definition) is 4. The summed E-state index contributed by atoms with van der Waals surface area (Å²) in [6.45, 7) is 4.42. The Balaban J connectivity index is 1.26. The maximum absolute atomic E-state index is 12.6. The van der Waals surface area contributed by atoms with E-state index in [4.69, 9.17) is 0 Å². The number of thioether (sulfide) groups is 1. The summed E-state index contributed by atoms with van der Waals surface area (Å²) in [6, 6.07) is 22.6. The highest BCUT2D eigenvalue weighted by Crippen LogP contribution is 2.20. The lowest BCUT2D eigenvalue weighted by Crippen LogP contribution is -2.48. The first-order valence-corrected chi connectivity index (χ1v) is 10.3. The van der Waals surface area contributed by atoms with Crippen LogP contribution in [0.5, 0.6) is 0 Å². The third-order valence-corrected chi connectivity index (χ3v) is 5.80. The molecule has 0 unspecified atom stereocenters. The Hall–Kier alpha value is -2.37. The van der Waals surface area contributed by atoms with E-state index in [1.165, 1.54) is 17.3 Å². The van der Waals surface area contributed by atoms with Crippen molar-refractivity contribution in [2.45, 2.75) is 11.6 Å². The Morgan fingerprint density at radius 2 is 1.63 bits per heavy atom. The molecule has 2 aromatic carbocycles. The van der Waals surface area contributed by atoms with E-state index in [2.05, 4.69) is 46.3 Å². The zero-order valence-electron chi connectivity index (χ0n) is 15.3. The molecule has 1 aromatic heterocycles. The molecular weight excluding hydrogens is 354 g/mol. The van der Waals surface area contributed by atoms with Crippen molar-refractivity contribution in [2.75, 3.05) is 31.9 Å². The fourth-order valence-electron chi connectivity index (χ4n) is 3.35. The van der Waals surface area contributed by atoms with Crippen LogP contribution in [0.1, 0.15) is 5.56 Å². The van der Waals surface area contributed by atoms with Gasteiger partial charge < -0.3 is 4.90 Å². The Kier molecular flexibility index (Phi) is 5.70. The molecule has 1 aliphatic rings. The van der Waals surface area contributed by atoms with E-state index in [-0.39, 0.29) is 5.91 Å². The fourth-order valence-corrected chi connectivity index (χ4v) is 4.13. The number of pyridine rings is 1. The monoisotopic (exact) mass is 377 g/mol. The van der Waals surface area contributed by atoms with Crippen LogP contribution in [0.2, 0.25) is 0 Å². The van der Waals surface area contributed by atoms with Crippen LogP contribution < -0.4 is 0 Å². The van der Waals surface area contributed by atoms with E-state index in [0.717, 1.165) is 48.7 Å². The molecule has 0 spiro atoms. The number of benzene rings is 2. The van der Waals surface area contributed by atoms with Crippen molar-refractivity contribution in [3.05, 3.63) is 72.3 Å². The molecule has 1 fully saturated rings. The molecule has 1 amide bonds. The van der Waals surface area contributed by atoms with E-state index in [1.807, 2.05) is 35.2 Å². The number of carbonyl (C=O) groups is 1. The van der Waals surface area contributed by atoms with Crippen molar-refractivity contribution in [1.29, 1.82) is 0 Å². The molecule has 3 aromatic rings. The predicted molar refractivity (Wildman–Crippen MR) is 111 cm³/mol. The van der Waals surface area contributed by atoms with E-state index < -0.39 is 0 Å². The molecule has 2 heterocycles. The summed E-state index contributed by atoms with van der Waals surface area (Å²) >= 11 is 1.52. The van der Waals surface area contributed by atoms with Gasteiger partial charge in [-0.05, 0) is 17.7 Å². The summed E-state index contributed by atoms with van der Waals surface area (Å²) in [6.07, 6.45) is 0. The van der Waals surface area contributed by atoms with Crippen molar-refractivity contribution in [3.8, 4) is 0 Å². The minimum Gasteiger partial charge on any atom is -0.339 e. The molecule has 1 aliphatic heterocycles. The van der Waals surface area contributed by atoms with Crippen LogP contribution in [0.15, 0.2) is 71.8 Å². The van der Waals surface area contributed by atoms with Crippen LogP contribution in [-0.4, -0.2) is 52.6 Å². The van der Waals surface area contributed by atoms with Gasteiger partial charge in [0.1, 0.15) is 0 Å². The van der Waals surface area contributed by atoms with Crippen molar-refractivity contribution in [2.24, 2.45) is 0 Å². The van der Waals surface area contributed by atoms with Gasteiger partial charge in [0, 0.05) is 38.1 Å². The quantitative estimate of drug-likeness (QED) is 0.636. The summed E-state index contributed by atoms with van der Waals surface area (Å²) in [5, 5.41) is 2.03. The van der Waals surface area contributed by atoms with Gasteiger partial charge >= 0.3 is 0 Å². The van der Waals surface area contributed by atoms with Crippen molar-refractivity contribution >= 4 is 28.6 Å². The third-order valence-electron chi connectivity index (χ3n) is 4.89. The molecule has 4 rings (SSSR count). The van der Waals surface area contributed by atoms with Gasteiger partial charge in [-0.3, -0.25) is 9.69 Å². The summed E-state index contributed by atoms with van der Waals surface area (Å²) in [7, 11) is 0. The van der Waals surface area contributed by atoms with Crippen LogP contribution in [0.3, 0.4) is 0 Å². The van der Waals surface area contributed by atoms with Crippen molar-refractivity contribution in [3.63, 3.8) is 0 Å². The second-order valence-corrected chi connectivity index (χ2v) is 7.77. The normalized spacial score (nSPS) is 15.2. The number of carbonyl (C=O) groups excluding carboxylic acids is 1. The maximum Gasteiger partial charge on any atom is 0.233 e. The summed E-state index contributed by atoms with van der Waals surface area (Å²) in [5.74, 6) is 0.652. The number of piperazine rings is 1. The Morgan fingerprint density at radius 3 is 2.44 bits per heavy atom. The lowest BCUT2D eigenvalue weighted by Gasteiger charge is -2.34. The Labute approximate surface area is 164 Å². The molecule has 5 heteroatoms. The van der Waals surface area contributed by atoms with Gasteiger partial charge in [-0.1, -0.05) is 66.4 Å². The highest BCUT2D eigenvalue weighted by atomic mass is 32.2. The van der Waals surface area contributed by atoms with Crippen LogP contribution in [0.4, 0.5) is 0 Å². The lowest BCUT2D eigenvalue weighted by molar-refractivity contribution is -0.130. The summed E-state index contributed by atoms with van der Waals surface area (Å²) < 4.78 is 0. The highest BCUT2D eigenvalue weighted by Gasteiger charge is 2.21. The van der Waals surface area contributed by atoms with Crippen molar-refractivity contribution in [1.82, 2.24) is 14.8 Å². The van der Waals surface area contributed by atoms with E-state index in [0.29, 0.717) is 5.75 Å². The average Bonchev–Trinajstić information content (AvgIpc) is 2.73. The molecule has 1 saturated heterocycles. The average molecular weight is 378 g/mol. The molecule has 0 bridgehead atoms. The topological polar surface area (TPSA) is 36.4 Å². The van der Waals surface area contributed by atoms with Gasteiger partial charge in [0.25, 0.3) is 0 Å². The number of hydrogen-bond donors (Lipinski definition) is 0. The molecule has 0 atom stereocenters. The van der Waals surface area contributed by atoms with Gasteiger partial charge in [-0.2, -0.15) is 0 Å². The van der Waals surface area contributed by atoms with Crippen molar-refractivity contribution < 1.29 is 4.79 Å². The van der Waals surface area contributed by atoms with E-state index >= 15 is 0 Å². The number of para-hydroxylation sites is 1. The van der Waals surface area contributed by atoms with Crippen LogP contribution in [0, 0.1) is 0 Å². The Morgan fingerprint density at radius 1 is 0.889 bits per heavy atom. The second-order valence-electron chi connectivity index (χ2n) is 6.77. The minimum atomic E-state index is 0.203. The van der Waals surface area contributed by atoms with E-state index in [1.54, 1.807) is 0 Å². The van der Waals surface area contributed by atoms with Crippen LogP contribution >= 0.6 is 11.8 Å². The number of aromatic nitrogens is 1. The molecular formula is C22H23N3OS.